The van der Waals surface area contributed by atoms with E-state index in [0.29, 0.717) is 12.3 Å². The molecular weight excluding hydrogens is 236 g/mol. The minimum atomic E-state index is 0.171. The summed E-state index contributed by atoms with van der Waals surface area (Å²) < 4.78 is 0. The van der Waals surface area contributed by atoms with Crippen LogP contribution in [0, 0.1) is 19.8 Å². The molecule has 2 rings (SSSR count). The molecule has 19 heavy (non-hydrogen) atoms. The van der Waals surface area contributed by atoms with Crippen molar-refractivity contribution in [3.8, 4) is 0 Å². The van der Waals surface area contributed by atoms with Crippen LogP contribution in [0.2, 0.25) is 0 Å². The van der Waals surface area contributed by atoms with E-state index in [1.807, 2.05) is 0 Å². The molecule has 104 valence electrons. The van der Waals surface area contributed by atoms with E-state index < -0.39 is 0 Å². The molecule has 0 aliphatic carbocycles. The molecule has 0 spiro atoms. The lowest BCUT2D eigenvalue weighted by Crippen LogP contribution is -2.30. The molecule has 2 N–H and O–H groups in total. The molecule has 1 saturated heterocycles. The Balaban J connectivity index is 1.71. The fourth-order valence-electron chi connectivity index (χ4n) is 2.45. The van der Waals surface area contributed by atoms with Gasteiger partial charge in [-0.15, -0.1) is 0 Å². The molecule has 1 atom stereocenters. The summed E-state index contributed by atoms with van der Waals surface area (Å²) in [6, 6.07) is 6.44. The first-order valence-electron chi connectivity index (χ1n) is 7.18. The standard InChI is InChI=1S/C16H24N2O/c1-12-3-4-14(9-13(12)2)5-6-16(19)18-11-15-7-8-17-10-15/h3-4,9,15,17H,5-8,10-11H2,1-2H3,(H,18,19). The first-order valence-corrected chi connectivity index (χ1v) is 7.18. The Bertz CT molecular complexity index is 436. The van der Waals surface area contributed by atoms with E-state index in [4.69, 9.17) is 0 Å². The molecule has 1 fully saturated rings. The molecule has 1 amide bonds. The largest absolute Gasteiger partial charge is 0.356 e. The van der Waals surface area contributed by atoms with Gasteiger partial charge in [-0.1, -0.05) is 18.2 Å². The molecule has 1 heterocycles. The van der Waals surface area contributed by atoms with Crippen LogP contribution in [0.5, 0.6) is 0 Å². The highest BCUT2D eigenvalue weighted by atomic mass is 16.1. The number of amides is 1. The number of hydrogen-bond donors (Lipinski definition) is 2. The van der Waals surface area contributed by atoms with Crippen LogP contribution in [0.3, 0.4) is 0 Å². The zero-order chi connectivity index (χ0) is 13.7. The number of aryl methyl sites for hydroxylation is 3. The van der Waals surface area contributed by atoms with Crippen molar-refractivity contribution in [3.63, 3.8) is 0 Å². The van der Waals surface area contributed by atoms with Crippen LogP contribution in [0.25, 0.3) is 0 Å². The number of carbonyl (C=O) groups excluding carboxylic acids is 1. The second-order valence-electron chi connectivity index (χ2n) is 5.58. The SMILES string of the molecule is Cc1ccc(CCC(=O)NCC2CCNC2)cc1C. The zero-order valence-electron chi connectivity index (χ0n) is 12.0. The summed E-state index contributed by atoms with van der Waals surface area (Å²) in [6.45, 7) is 7.17. The van der Waals surface area contributed by atoms with E-state index in [9.17, 15) is 4.79 Å². The van der Waals surface area contributed by atoms with Crippen molar-refractivity contribution in [2.45, 2.75) is 33.1 Å². The van der Waals surface area contributed by atoms with Crippen molar-refractivity contribution < 1.29 is 4.79 Å². The predicted molar refractivity (Wildman–Crippen MR) is 78.2 cm³/mol. The van der Waals surface area contributed by atoms with Crippen LogP contribution >= 0.6 is 0 Å². The van der Waals surface area contributed by atoms with Gasteiger partial charge in [0.1, 0.15) is 0 Å². The molecule has 0 radical (unpaired) electrons. The van der Waals surface area contributed by atoms with E-state index in [-0.39, 0.29) is 5.91 Å². The van der Waals surface area contributed by atoms with Gasteiger partial charge in [0.25, 0.3) is 0 Å². The van der Waals surface area contributed by atoms with Crippen molar-refractivity contribution in [2.75, 3.05) is 19.6 Å². The van der Waals surface area contributed by atoms with Crippen molar-refractivity contribution in [1.82, 2.24) is 10.6 Å². The molecule has 0 saturated carbocycles. The Morgan fingerprint density at radius 3 is 2.89 bits per heavy atom. The Morgan fingerprint density at radius 1 is 1.37 bits per heavy atom. The van der Waals surface area contributed by atoms with Gasteiger partial charge in [-0.25, -0.2) is 0 Å². The Kier molecular flexibility index (Phi) is 4.97. The molecule has 1 unspecified atom stereocenters. The lowest BCUT2D eigenvalue weighted by Gasteiger charge is -2.10. The Labute approximate surface area is 115 Å². The molecular formula is C16H24N2O. The summed E-state index contributed by atoms with van der Waals surface area (Å²) in [6.07, 6.45) is 2.59. The van der Waals surface area contributed by atoms with Gasteiger partial charge in [0, 0.05) is 13.0 Å². The summed E-state index contributed by atoms with van der Waals surface area (Å²) in [5, 5.41) is 6.36. The second-order valence-corrected chi connectivity index (χ2v) is 5.58. The quantitative estimate of drug-likeness (QED) is 0.850. The number of carbonyl (C=O) groups is 1. The summed E-state index contributed by atoms with van der Waals surface area (Å²) in [4.78, 5) is 11.8. The fraction of sp³-hybridized carbons (Fsp3) is 0.562. The molecule has 1 aliphatic heterocycles. The van der Waals surface area contributed by atoms with Gasteiger partial charge in [-0.05, 0) is 62.4 Å². The van der Waals surface area contributed by atoms with Gasteiger partial charge in [0.05, 0.1) is 0 Å². The van der Waals surface area contributed by atoms with Gasteiger partial charge in [-0.3, -0.25) is 4.79 Å². The average Bonchev–Trinajstić information content (AvgIpc) is 2.91. The van der Waals surface area contributed by atoms with Crippen molar-refractivity contribution in [3.05, 3.63) is 34.9 Å². The van der Waals surface area contributed by atoms with E-state index in [0.717, 1.165) is 26.1 Å². The van der Waals surface area contributed by atoms with Gasteiger partial charge >= 0.3 is 0 Å². The topological polar surface area (TPSA) is 41.1 Å². The average molecular weight is 260 g/mol. The number of nitrogens with one attached hydrogen (secondary N) is 2. The van der Waals surface area contributed by atoms with Gasteiger partial charge < -0.3 is 10.6 Å². The van der Waals surface area contributed by atoms with Gasteiger partial charge in [0.2, 0.25) is 5.91 Å². The maximum atomic E-state index is 11.8. The summed E-state index contributed by atoms with van der Waals surface area (Å²) in [7, 11) is 0. The number of benzene rings is 1. The lowest BCUT2D eigenvalue weighted by molar-refractivity contribution is -0.121. The third-order valence-corrected chi connectivity index (χ3v) is 3.96. The molecule has 3 nitrogen and oxygen atoms in total. The van der Waals surface area contributed by atoms with Crippen LogP contribution in [0.15, 0.2) is 18.2 Å². The monoisotopic (exact) mass is 260 g/mol. The first kappa shape index (κ1) is 14.1. The third-order valence-electron chi connectivity index (χ3n) is 3.96. The number of rotatable bonds is 5. The van der Waals surface area contributed by atoms with E-state index in [2.05, 4.69) is 42.7 Å². The van der Waals surface area contributed by atoms with Crippen LogP contribution in [0.1, 0.15) is 29.5 Å². The molecule has 1 aromatic carbocycles. The summed E-state index contributed by atoms with van der Waals surface area (Å²) >= 11 is 0. The van der Waals surface area contributed by atoms with Gasteiger partial charge in [-0.2, -0.15) is 0 Å². The first-order chi connectivity index (χ1) is 9.15. The highest BCUT2D eigenvalue weighted by Crippen LogP contribution is 2.11. The summed E-state index contributed by atoms with van der Waals surface area (Å²) in [5.41, 5.74) is 3.86. The van der Waals surface area contributed by atoms with Crippen LogP contribution in [-0.4, -0.2) is 25.5 Å². The highest BCUT2D eigenvalue weighted by Gasteiger charge is 2.14. The maximum Gasteiger partial charge on any atom is 0.220 e. The second kappa shape index (κ2) is 6.71. The fourth-order valence-corrected chi connectivity index (χ4v) is 2.45. The summed E-state index contributed by atoms with van der Waals surface area (Å²) in [5.74, 6) is 0.788. The Hall–Kier alpha value is -1.35. The van der Waals surface area contributed by atoms with Crippen LogP contribution in [0.4, 0.5) is 0 Å². The smallest absolute Gasteiger partial charge is 0.220 e. The molecule has 1 aliphatic rings. The Morgan fingerprint density at radius 2 is 2.21 bits per heavy atom. The minimum Gasteiger partial charge on any atom is -0.356 e. The highest BCUT2D eigenvalue weighted by molar-refractivity contribution is 5.76. The van der Waals surface area contributed by atoms with Crippen molar-refractivity contribution in [2.24, 2.45) is 5.92 Å². The molecule has 3 heteroatoms. The van der Waals surface area contributed by atoms with E-state index >= 15 is 0 Å². The normalized spacial score (nSPS) is 18.5. The number of hydrogen-bond acceptors (Lipinski definition) is 2. The lowest BCUT2D eigenvalue weighted by atomic mass is 10.0. The van der Waals surface area contributed by atoms with E-state index in [1.54, 1.807) is 0 Å². The molecule has 1 aromatic rings. The third kappa shape index (κ3) is 4.35. The maximum absolute atomic E-state index is 11.8. The van der Waals surface area contributed by atoms with Crippen LogP contribution in [-0.2, 0) is 11.2 Å². The van der Waals surface area contributed by atoms with Gasteiger partial charge in [0.15, 0.2) is 0 Å². The van der Waals surface area contributed by atoms with Crippen molar-refractivity contribution >= 4 is 5.91 Å². The van der Waals surface area contributed by atoms with Crippen molar-refractivity contribution in [1.29, 1.82) is 0 Å². The zero-order valence-corrected chi connectivity index (χ0v) is 12.0. The minimum absolute atomic E-state index is 0.171. The molecule has 0 bridgehead atoms. The molecule has 0 aromatic heterocycles. The predicted octanol–water partition coefficient (Wildman–Crippen LogP) is 1.96. The van der Waals surface area contributed by atoms with Crippen LogP contribution < -0.4 is 10.6 Å². The van der Waals surface area contributed by atoms with E-state index in [1.165, 1.54) is 23.1 Å².